The number of hydrogen-bond acceptors (Lipinski definition) is 4. The van der Waals surface area contributed by atoms with Crippen LogP contribution in [0.15, 0.2) is 48.5 Å². The summed E-state index contributed by atoms with van der Waals surface area (Å²) in [5, 5.41) is 0.607. The number of carbonyl (C=O) groups excluding carboxylic acids is 4. The molecule has 8 heteroatoms. The highest BCUT2D eigenvalue weighted by molar-refractivity contribution is 6.84. The minimum atomic E-state index is -2.02. The van der Waals surface area contributed by atoms with Crippen molar-refractivity contribution < 1.29 is 19.2 Å². The summed E-state index contributed by atoms with van der Waals surface area (Å²) < 4.78 is 0. The predicted octanol–water partition coefficient (Wildman–Crippen LogP) is 11.4. The summed E-state index contributed by atoms with van der Waals surface area (Å²) in [6.45, 7) is 29.2. The molecule has 0 saturated carbocycles. The second kappa shape index (κ2) is 14.5. The zero-order chi connectivity index (χ0) is 41.3. The lowest BCUT2D eigenvalue weighted by atomic mass is 9.80. The number of carbonyl (C=O) groups is 4. The molecule has 0 atom stereocenters. The predicted molar refractivity (Wildman–Crippen MR) is 236 cm³/mol. The first-order valence-electron chi connectivity index (χ1n) is 19.8. The van der Waals surface area contributed by atoms with Gasteiger partial charge in [-0.3, -0.25) is 19.2 Å². The number of rotatable bonds is 6. The molecule has 288 valence electrons. The minimum absolute atomic E-state index is 0.0102. The van der Waals surface area contributed by atoms with Crippen molar-refractivity contribution in [2.75, 3.05) is 9.80 Å². The van der Waals surface area contributed by atoms with E-state index in [1.807, 2.05) is 36.4 Å². The van der Waals surface area contributed by atoms with E-state index in [2.05, 4.69) is 118 Å². The number of hydrogen-bond donors (Lipinski definition) is 0. The Morgan fingerprint density at radius 1 is 0.464 bits per heavy atom. The first-order chi connectivity index (χ1) is 26.1. The summed E-state index contributed by atoms with van der Waals surface area (Å²) in [5.41, 5.74) is 13.3. The Balaban J connectivity index is 1.81. The Bertz CT molecular complexity index is 2280. The van der Waals surface area contributed by atoms with Gasteiger partial charge in [-0.15, -0.1) is 11.1 Å². The van der Waals surface area contributed by atoms with E-state index in [9.17, 15) is 0 Å². The SMILES string of the molecule is CC(C)c1cccc(C(C)C)c1N1C(=O)c2cc(C#C[Si](C)(C)C)c3c4c(cc(C#C[Si](C)(C)C)c(c24)C1=O)C(=O)N(c1c(C(C)C)cccc1C(C)C)C3=O. The minimum Gasteiger partial charge on any atom is -0.268 e. The molecule has 4 aromatic carbocycles. The number of anilines is 2. The molecule has 0 spiro atoms. The van der Waals surface area contributed by atoms with Gasteiger partial charge in [0.15, 0.2) is 0 Å². The van der Waals surface area contributed by atoms with Gasteiger partial charge in [-0.05, 0) is 58.1 Å². The molecule has 0 fully saturated rings. The summed E-state index contributed by atoms with van der Waals surface area (Å²) in [4.78, 5) is 63.7. The van der Waals surface area contributed by atoms with Gasteiger partial charge < -0.3 is 0 Å². The topological polar surface area (TPSA) is 74.8 Å². The lowest BCUT2D eigenvalue weighted by molar-refractivity contribution is 0.0872. The lowest BCUT2D eigenvalue weighted by Crippen LogP contribution is -2.45. The Kier molecular flexibility index (Phi) is 10.5. The molecule has 2 heterocycles. The van der Waals surface area contributed by atoms with Gasteiger partial charge >= 0.3 is 0 Å². The standard InChI is InChI=1S/C48H54N2O4Si2/c1-27(2)33-17-15-18-34(28(3)4)43(33)49-45(51)37-25-32(22-24-56(12,13)14)40-42-38(26-31(21-23-55(9,10)11)39(41(37)42)47(49)53)46(52)50(48(40)54)44-35(29(5)6)19-16-20-36(44)30(7)8/h15-20,25-30H,1-14H3. The van der Waals surface area contributed by atoms with Gasteiger partial charge in [0.2, 0.25) is 0 Å². The largest absolute Gasteiger partial charge is 0.268 e. The quantitative estimate of drug-likeness (QED) is 0.111. The molecule has 0 unspecified atom stereocenters. The molecule has 0 bridgehead atoms. The van der Waals surface area contributed by atoms with Crippen molar-refractivity contribution in [3.05, 3.63) is 104 Å². The van der Waals surface area contributed by atoms with Crippen LogP contribution in [0.5, 0.6) is 0 Å². The molecule has 56 heavy (non-hydrogen) atoms. The van der Waals surface area contributed by atoms with E-state index in [-0.39, 0.29) is 45.9 Å². The number of imide groups is 2. The molecular formula is C48H54N2O4Si2. The van der Waals surface area contributed by atoms with Crippen LogP contribution in [0.3, 0.4) is 0 Å². The molecule has 0 N–H and O–H groups in total. The molecule has 2 aliphatic rings. The molecule has 2 aliphatic heterocycles. The smallest absolute Gasteiger partial charge is 0.267 e. The van der Waals surface area contributed by atoms with E-state index >= 15 is 19.2 Å². The number of nitrogens with zero attached hydrogens (tertiary/aromatic N) is 2. The van der Waals surface area contributed by atoms with Gasteiger partial charge in [0, 0.05) is 21.9 Å². The fourth-order valence-corrected chi connectivity index (χ4v) is 8.74. The number of para-hydroxylation sites is 2. The van der Waals surface area contributed by atoms with Crippen molar-refractivity contribution in [3.8, 4) is 22.9 Å². The molecule has 6 nitrogen and oxygen atoms in total. The second-order valence-electron chi connectivity index (χ2n) is 18.5. The van der Waals surface area contributed by atoms with Gasteiger partial charge in [0.05, 0.1) is 33.6 Å². The molecule has 4 amide bonds. The van der Waals surface area contributed by atoms with E-state index in [0.29, 0.717) is 33.3 Å². The normalized spacial score (nSPS) is 14.3. The summed E-state index contributed by atoms with van der Waals surface area (Å²) in [5.74, 6) is 4.71. The third-order valence-corrected chi connectivity index (χ3v) is 12.1. The Morgan fingerprint density at radius 3 is 1.00 bits per heavy atom. The number of amides is 4. The van der Waals surface area contributed by atoms with Crippen LogP contribution >= 0.6 is 0 Å². The molecule has 0 aromatic heterocycles. The number of benzene rings is 4. The zero-order valence-corrected chi connectivity index (χ0v) is 37.5. The average Bonchev–Trinajstić information content (AvgIpc) is 3.10. The van der Waals surface area contributed by atoms with Gasteiger partial charge in [0.1, 0.15) is 16.1 Å². The summed E-state index contributed by atoms with van der Waals surface area (Å²) in [6, 6.07) is 15.3. The van der Waals surface area contributed by atoms with Crippen LogP contribution in [0, 0.1) is 22.9 Å². The third-order valence-electron chi connectivity index (χ3n) is 10.4. The van der Waals surface area contributed by atoms with Crippen LogP contribution in [-0.4, -0.2) is 39.8 Å². The van der Waals surface area contributed by atoms with Gasteiger partial charge in [0.25, 0.3) is 23.6 Å². The maximum atomic E-state index is 15.3. The summed E-state index contributed by atoms with van der Waals surface area (Å²) in [7, 11) is -4.03. The fourth-order valence-electron chi connectivity index (χ4n) is 7.72. The van der Waals surface area contributed by atoms with Crippen molar-refractivity contribution in [1.82, 2.24) is 0 Å². The molecule has 0 saturated heterocycles. The summed E-state index contributed by atoms with van der Waals surface area (Å²) >= 11 is 0. The average molecular weight is 779 g/mol. The molecule has 4 aromatic rings. The molecule has 0 aliphatic carbocycles. The maximum absolute atomic E-state index is 15.3. The van der Waals surface area contributed by atoms with Gasteiger partial charge in [-0.25, -0.2) is 9.80 Å². The fraction of sp³-hybridized carbons (Fsp3) is 0.375. The monoisotopic (exact) mass is 778 g/mol. The highest BCUT2D eigenvalue weighted by Crippen LogP contribution is 2.47. The second-order valence-corrected chi connectivity index (χ2v) is 28.0. The van der Waals surface area contributed by atoms with E-state index in [0.717, 1.165) is 22.3 Å². The van der Waals surface area contributed by atoms with Gasteiger partial charge in [-0.2, -0.15) is 0 Å². The van der Waals surface area contributed by atoms with Crippen molar-refractivity contribution >= 4 is 61.9 Å². The highest BCUT2D eigenvalue weighted by Gasteiger charge is 2.45. The van der Waals surface area contributed by atoms with Crippen LogP contribution < -0.4 is 9.80 Å². The lowest BCUT2D eigenvalue weighted by Gasteiger charge is -2.36. The van der Waals surface area contributed by atoms with E-state index in [1.54, 1.807) is 12.1 Å². The Morgan fingerprint density at radius 2 is 0.750 bits per heavy atom. The summed E-state index contributed by atoms with van der Waals surface area (Å²) in [6.07, 6.45) is 0. The highest BCUT2D eigenvalue weighted by atomic mass is 28.3. The van der Waals surface area contributed by atoms with E-state index < -0.39 is 39.8 Å². The van der Waals surface area contributed by atoms with Crippen molar-refractivity contribution in [3.63, 3.8) is 0 Å². The van der Waals surface area contributed by atoms with Gasteiger partial charge in [-0.1, -0.05) is 143 Å². The van der Waals surface area contributed by atoms with Crippen molar-refractivity contribution in [1.29, 1.82) is 0 Å². The molecular weight excluding hydrogens is 725 g/mol. The Labute approximate surface area is 335 Å². The zero-order valence-electron chi connectivity index (χ0n) is 35.5. The Hall–Kier alpha value is -5.03. The molecule has 6 rings (SSSR count). The van der Waals surface area contributed by atoms with E-state index in [1.165, 1.54) is 9.80 Å². The van der Waals surface area contributed by atoms with Crippen molar-refractivity contribution in [2.24, 2.45) is 0 Å². The first-order valence-corrected chi connectivity index (χ1v) is 26.8. The molecule has 0 radical (unpaired) electrons. The van der Waals surface area contributed by atoms with Crippen LogP contribution in [0.4, 0.5) is 11.4 Å². The maximum Gasteiger partial charge on any atom is 0.267 e. The first kappa shape index (κ1) is 40.6. The third kappa shape index (κ3) is 6.99. The van der Waals surface area contributed by atoms with Crippen LogP contribution in [0.2, 0.25) is 39.3 Å². The van der Waals surface area contributed by atoms with Crippen molar-refractivity contribution in [2.45, 2.75) is 118 Å². The van der Waals surface area contributed by atoms with Crippen LogP contribution in [-0.2, 0) is 0 Å². The van der Waals surface area contributed by atoms with Crippen LogP contribution in [0.1, 0.15) is 154 Å². The van der Waals surface area contributed by atoms with E-state index in [4.69, 9.17) is 0 Å². The van der Waals surface area contributed by atoms with Crippen LogP contribution in [0.25, 0.3) is 10.8 Å².